The van der Waals surface area contributed by atoms with Crippen molar-refractivity contribution in [2.24, 2.45) is 0 Å². The Balaban J connectivity index is 2.03. The van der Waals surface area contributed by atoms with E-state index in [0.29, 0.717) is 36.3 Å². The molecule has 2 rings (SSSR count). The molecule has 0 aliphatic rings. The molecule has 2 N–H and O–H groups in total. The highest BCUT2D eigenvalue weighted by molar-refractivity contribution is 6.30. The number of benzene rings is 2. The molecule has 24 heavy (non-hydrogen) atoms. The molecule has 0 bridgehead atoms. The molecule has 128 valence electrons. The van der Waals surface area contributed by atoms with Gasteiger partial charge in [-0.1, -0.05) is 29.8 Å². The fraction of sp³-hybridized carbons (Fsp3) is 0.278. The SMILES string of the molecule is CCOc1cc(CNCC(=O)O)ccc1OCc1cccc(Cl)c1. The quantitative estimate of drug-likeness (QED) is 0.725. The van der Waals surface area contributed by atoms with Gasteiger partial charge < -0.3 is 19.9 Å². The van der Waals surface area contributed by atoms with Crippen molar-refractivity contribution in [3.05, 3.63) is 58.6 Å². The molecule has 5 nitrogen and oxygen atoms in total. The van der Waals surface area contributed by atoms with Crippen molar-refractivity contribution < 1.29 is 19.4 Å². The van der Waals surface area contributed by atoms with Gasteiger partial charge in [-0.2, -0.15) is 0 Å². The van der Waals surface area contributed by atoms with Crippen molar-refractivity contribution in [2.45, 2.75) is 20.1 Å². The first kappa shape index (κ1) is 18.1. The summed E-state index contributed by atoms with van der Waals surface area (Å²) < 4.78 is 11.5. The monoisotopic (exact) mass is 349 g/mol. The van der Waals surface area contributed by atoms with Crippen LogP contribution in [0.15, 0.2) is 42.5 Å². The Labute approximate surface area is 146 Å². The first-order chi connectivity index (χ1) is 11.6. The Kier molecular flexibility index (Phi) is 6.90. The van der Waals surface area contributed by atoms with Gasteiger partial charge in [0.1, 0.15) is 6.61 Å². The normalized spacial score (nSPS) is 10.4. The van der Waals surface area contributed by atoms with Gasteiger partial charge in [0, 0.05) is 11.6 Å². The minimum Gasteiger partial charge on any atom is -0.490 e. The van der Waals surface area contributed by atoms with Crippen molar-refractivity contribution >= 4 is 17.6 Å². The van der Waals surface area contributed by atoms with E-state index in [4.69, 9.17) is 26.2 Å². The number of carbonyl (C=O) groups is 1. The van der Waals surface area contributed by atoms with E-state index < -0.39 is 5.97 Å². The van der Waals surface area contributed by atoms with E-state index in [0.717, 1.165) is 11.1 Å². The molecule has 0 spiro atoms. The lowest BCUT2D eigenvalue weighted by Crippen LogP contribution is -2.21. The van der Waals surface area contributed by atoms with E-state index in [1.807, 2.05) is 49.4 Å². The second-order valence-corrected chi connectivity index (χ2v) is 5.57. The van der Waals surface area contributed by atoms with Gasteiger partial charge in [-0.3, -0.25) is 4.79 Å². The van der Waals surface area contributed by atoms with Crippen LogP contribution in [-0.2, 0) is 17.9 Å². The summed E-state index contributed by atoms with van der Waals surface area (Å²) in [7, 11) is 0. The zero-order chi connectivity index (χ0) is 17.4. The maximum Gasteiger partial charge on any atom is 0.317 e. The molecular weight excluding hydrogens is 330 g/mol. The Morgan fingerprint density at radius 3 is 2.67 bits per heavy atom. The summed E-state index contributed by atoms with van der Waals surface area (Å²) in [5.74, 6) is 0.384. The number of carboxylic acids is 1. The fourth-order valence-electron chi connectivity index (χ4n) is 2.15. The highest BCUT2D eigenvalue weighted by atomic mass is 35.5. The molecule has 0 saturated carbocycles. The van der Waals surface area contributed by atoms with Crippen molar-refractivity contribution in [1.82, 2.24) is 5.32 Å². The number of nitrogens with one attached hydrogen (secondary N) is 1. The average Bonchev–Trinajstić information content (AvgIpc) is 2.54. The molecule has 0 fully saturated rings. The van der Waals surface area contributed by atoms with Gasteiger partial charge in [0.05, 0.1) is 13.2 Å². The Bertz CT molecular complexity index is 690. The smallest absolute Gasteiger partial charge is 0.317 e. The molecule has 6 heteroatoms. The summed E-state index contributed by atoms with van der Waals surface area (Å²) >= 11 is 5.97. The second-order valence-electron chi connectivity index (χ2n) is 5.13. The van der Waals surface area contributed by atoms with Crippen LogP contribution in [0.5, 0.6) is 11.5 Å². The molecule has 2 aromatic rings. The average molecular weight is 350 g/mol. The zero-order valence-electron chi connectivity index (χ0n) is 13.4. The van der Waals surface area contributed by atoms with E-state index in [1.165, 1.54) is 0 Å². The van der Waals surface area contributed by atoms with Crippen LogP contribution >= 0.6 is 11.6 Å². The van der Waals surface area contributed by atoms with Crippen LogP contribution in [0, 0.1) is 0 Å². The van der Waals surface area contributed by atoms with Gasteiger partial charge in [0.25, 0.3) is 0 Å². The molecule has 0 heterocycles. The number of rotatable bonds is 9. The van der Waals surface area contributed by atoms with Crippen molar-refractivity contribution in [2.75, 3.05) is 13.2 Å². The summed E-state index contributed by atoms with van der Waals surface area (Å²) in [6, 6.07) is 13.0. The number of ether oxygens (including phenoxy) is 2. The predicted octanol–water partition coefficient (Wildman–Crippen LogP) is 3.49. The Hall–Kier alpha value is -2.24. The zero-order valence-corrected chi connectivity index (χ0v) is 14.2. The minimum absolute atomic E-state index is 0.0863. The first-order valence-electron chi connectivity index (χ1n) is 7.64. The summed E-state index contributed by atoms with van der Waals surface area (Å²) in [6.45, 7) is 3.16. The molecule has 0 aliphatic carbocycles. The topological polar surface area (TPSA) is 67.8 Å². The number of carboxylic acid groups (broad SMARTS) is 1. The van der Waals surface area contributed by atoms with Crippen LogP contribution < -0.4 is 14.8 Å². The lowest BCUT2D eigenvalue weighted by molar-refractivity contribution is -0.135. The van der Waals surface area contributed by atoms with E-state index >= 15 is 0 Å². The lowest BCUT2D eigenvalue weighted by Gasteiger charge is -2.14. The third kappa shape index (κ3) is 5.76. The van der Waals surface area contributed by atoms with Crippen molar-refractivity contribution in [1.29, 1.82) is 0 Å². The molecule has 2 aromatic carbocycles. The van der Waals surface area contributed by atoms with Crippen LogP contribution in [0.4, 0.5) is 0 Å². The van der Waals surface area contributed by atoms with Crippen LogP contribution in [0.2, 0.25) is 5.02 Å². The molecular formula is C18H20ClNO4. The lowest BCUT2D eigenvalue weighted by atomic mass is 10.2. The van der Waals surface area contributed by atoms with E-state index in [-0.39, 0.29) is 6.54 Å². The van der Waals surface area contributed by atoms with Gasteiger partial charge in [0.2, 0.25) is 0 Å². The molecule has 0 saturated heterocycles. The maximum absolute atomic E-state index is 10.5. The van der Waals surface area contributed by atoms with Gasteiger partial charge >= 0.3 is 5.97 Å². The standard InChI is InChI=1S/C18H20ClNO4/c1-2-23-17-9-13(10-20-11-18(21)22)6-7-16(17)24-12-14-4-3-5-15(19)8-14/h3-9,20H,2,10-12H2,1H3,(H,21,22). The maximum atomic E-state index is 10.5. The highest BCUT2D eigenvalue weighted by Crippen LogP contribution is 2.29. The second kappa shape index (κ2) is 9.15. The van der Waals surface area contributed by atoms with Gasteiger partial charge in [-0.25, -0.2) is 0 Å². The third-order valence-electron chi connectivity index (χ3n) is 3.20. The third-order valence-corrected chi connectivity index (χ3v) is 3.43. The predicted molar refractivity (Wildman–Crippen MR) is 92.7 cm³/mol. The molecule has 0 aromatic heterocycles. The van der Waals surface area contributed by atoms with Crippen LogP contribution in [0.1, 0.15) is 18.1 Å². The molecule has 0 unspecified atom stereocenters. The number of aliphatic carboxylic acids is 1. The molecule has 0 amide bonds. The van der Waals surface area contributed by atoms with Gasteiger partial charge in [-0.15, -0.1) is 0 Å². The largest absolute Gasteiger partial charge is 0.490 e. The van der Waals surface area contributed by atoms with E-state index in [1.54, 1.807) is 0 Å². The Morgan fingerprint density at radius 2 is 1.96 bits per heavy atom. The summed E-state index contributed by atoms with van der Waals surface area (Å²) in [6.07, 6.45) is 0. The van der Waals surface area contributed by atoms with Crippen molar-refractivity contribution in [3.63, 3.8) is 0 Å². The Morgan fingerprint density at radius 1 is 1.12 bits per heavy atom. The fourth-order valence-corrected chi connectivity index (χ4v) is 2.36. The summed E-state index contributed by atoms with van der Waals surface area (Å²) in [4.78, 5) is 10.5. The highest BCUT2D eigenvalue weighted by Gasteiger charge is 2.08. The van der Waals surface area contributed by atoms with E-state index in [9.17, 15) is 4.79 Å². The summed E-state index contributed by atoms with van der Waals surface area (Å²) in [5, 5.41) is 12.2. The van der Waals surface area contributed by atoms with E-state index in [2.05, 4.69) is 5.32 Å². The molecule has 0 radical (unpaired) electrons. The van der Waals surface area contributed by atoms with Crippen LogP contribution in [-0.4, -0.2) is 24.2 Å². The first-order valence-corrected chi connectivity index (χ1v) is 8.01. The number of hydrogen-bond donors (Lipinski definition) is 2. The van der Waals surface area contributed by atoms with Crippen molar-refractivity contribution in [3.8, 4) is 11.5 Å². The molecule has 0 aliphatic heterocycles. The molecule has 0 atom stereocenters. The summed E-state index contributed by atoms with van der Waals surface area (Å²) in [5.41, 5.74) is 1.90. The van der Waals surface area contributed by atoms with Crippen LogP contribution in [0.25, 0.3) is 0 Å². The number of halogens is 1. The minimum atomic E-state index is -0.887. The van der Waals surface area contributed by atoms with Crippen LogP contribution in [0.3, 0.4) is 0 Å². The number of hydrogen-bond acceptors (Lipinski definition) is 4. The van der Waals surface area contributed by atoms with Gasteiger partial charge in [-0.05, 0) is 42.3 Å². The van der Waals surface area contributed by atoms with Gasteiger partial charge in [0.15, 0.2) is 11.5 Å².